The van der Waals surface area contributed by atoms with Gasteiger partial charge in [0.1, 0.15) is 18.3 Å². The maximum atomic E-state index is 13.5. The molecule has 1 aromatic rings. The molecule has 0 radical (unpaired) electrons. The Balaban J connectivity index is 1.68. The summed E-state index contributed by atoms with van der Waals surface area (Å²) in [7, 11) is 0. The smallest absolute Gasteiger partial charge is 0.256 e. The van der Waals surface area contributed by atoms with E-state index in [0.717, 1.165) is 25.7 Å². The van der Waals surface area contributed by atoms with E-state index in [9.17, 15) is 14.0 Å². The minimum atomic E-state index is -1.23. The molecule has 1 aliphatic carbocycles. The van der Waals surface area contributed by atoms with Crippen LogP contribution in [0, 0.1) is 0 Å². The summed E-state index contributed by atoms with van der Waals surface area (Å²) in [5.74, 6) is -0.647. The summed E-state index contributed by atoms with van der Waals surface area (Å²) in [5, 5.41) is 0. The van der Waals surface area contributed by atoms with Crippen LogP contribution in [0.1, 0.15) is 42.5 Å². The van der Waals surface area contributed by atoms with Crippen LogP contribution in [0.5, 0.6) is 5.88 Å². The third kappa shape index (κ3) is 3.43. The molecule has 1 saturated heterocycles. The Labute approximate surface area is 133 Å². The lowest BCUT2D eigenvalue weighted by atomic mass is 10.2. The number of hydrogen-bond acceptors (Lipinski definition) is 4. The van der Waals surface area contributed by atoms with Crippen LogP contribution in [-0.2, 0) is 4.79 Å². The number of aromatic nitrogens is 1. The molecule has 2 amide bonds. The second kappa shape index (κ2) is 6.52. The van der Waals surface area contributed by atoms with Gasteiger partial charge in [-0.25, -0.2) is 9.37 Å². The summed E-state index contributed by atoms with van der Waals surface area (Å²) in [6, 6.07) is 2.32. The molecule has 2 heterocycles. The zero-order valence-corrected chi connectivity index (χ0v) is 12.8. The predicted octanol–water partition coefficient (Wildman–Crippen LogP) is 1.44. The molecule has 2 N–H and O–H groups in total. The van der Waals surface area contributed by atoms with Crippen molar-refractivity contribution < 1.29 is 18.7 Å². The highest BCUT2D eigenvalue weighted by atomic mass is 19.1. The molecule has 3 rings (SSSR count). The van der Waals surface area contributed by atoms with Gasteiger partial charge in [-0.15, -0.1) is 0 Å². The summed E-state index contributed by atoms with van der Waals surface area (Å²) in [4.78, 5) is 29.1. The number of pyridine rings is 1. The van der Waals surface area contributed by atoms with Crippen LogP contribution in [0.2, 0.25) is 0 Å². The molecule has 1 aliphatic heterocycles. The van der Waals surface area contributed by atoms with Gasteiger partial charge >= 0.3 is 0 Å². The molecule has 2 atom stereocenters. The molecule has 0 bridgehead atoms. The van der Waals surface area contributed by atoms with Gasteiger partial charge in [0.25, 0.3) is 5.91 Å². The van der Waals surface area contributed by atoms with Crippen molar-refractivity contribution in [1.82, 2.24) is 9.88 Å². The van der Waals surface area contributed by atoms with Crippen molar-refractivity contribution in [3.05, 3.63) is 23.9 Å². The van der Waals surface area contributed by atoms with Gasteiger partial charge in [0, 0.05) is 18.7 Å². The quantitative estimate of drug-likeness (QED) is 0.909. The van der Waals surface area contributed by atoms with Crippen LogP contribution in [0.3, 0.4) is 0 Å². The maximum absolute atomic E-state index is 13.5. The van der Waals surface area contributed by atoms with Crippen molar-refractivity contribution in [2.24, 2.45) is 5.73 Å². The fourth-order valence-electron chi connectivity index (χ4n) is 3.20. The van der Waals surface area contributed by atoms with Crippen LogP contribution in [0.4, 0.5) is 4.39 Å². The monoisotopic (exact) mass is 321 g/mol. The summed E-state index contributed by atoms with van der Waals surface area (Å²) < 4.78 is 19.3. The van der Waals surface area contributed by atoms with Crippen LogP contribution in [0.15, 0.2) is 18.3 Å². The molecule has 0 aromatic carbocycles. The van der Waals surface area contributed by atoms with E-state index < -0.39 is 24.0 Å². The van der Waals surface area contributed by atoms with Crippen molar-refractivity contribution in [3.8, 4) is 5.88 Å². The number of ether oxygens (including phenoxy) is 1. The maximum Gasteiger partial charge on any atom is 0.256 e. The summed E-state index contributed by atoms with van der Waals surface area (Å²) in [6.07, 6.45) is 4.68. The van der Waals surface area contributed by atoms with Crippen molar-refractivity contribution in [2.75, 3.05) is 6.54 Å². The summed E-state index contributed by atoms with van der Waals surface area (Å²) in [5.41, 5.74) is 5.54. The summed E-state index contributed by atoms with van der Waals surface area (Å²) >= 11 is 0. The third-order valence-electron chi connectivity index (χ3n) is 4.41. The van der Waals surface area contributed by atoms with Crippen LogP contribution >= 0.6 is 0 Å². The van der Waals surface area contributed by atoms with Crippen LogP contribution in [0.25, 0.3) is 0 Å². The molecule has 1 saturated carbocycles. The molecule has 2 fully saturated rings. The van der Waals surface area contributed by atoms with Crippen LogP contribution < -0.4 is 10.5 Å². The van der Waals surface area contributed by atoms with Gasteiger partial charge in [0.15, 0.2) is 0 Å². The van der Waals surface area contributed by atoms with Gasteiger partial charge in [0.05, 0.1) is 12.1 Å². The van der Waals surface area contributed by atoms with Gasteiger partial charge in [0.2, 0.25) is 11.8 Å². The Morgan fingerprint density at radius 2 is 2.04 bits per heavy atom. The van der Waals surface area contributed by atoms with E-state index >= 15 is 0 Å². The number of hydrogen-bond donors (Lipinski definition) is 1. The largest absolute Gasteiger partial charge is 0.474 e. The van der Waals surface area contributed by atoms with E-state index in [2.05, 4.69) is 4.98 Å². The lowest BCUT2D eigenvalue weighted by molar-refractivity contribution is -0.121. The average molecular weight is 321 g/mol. The summed E-state index contributed by atoms with van der Waals surface area (Å²) in [6.45, 7) is -0.118. The number of amides is 2. The van der Waals surface area contributed by atoms with Crippen molar-refractivity contribution in [3.63, 3.8) is 0 Å². The first-order valence-electron chi connectivity index (χ1n) is 7.91. The molecular weight excluding hydrogens is 301 g/mol. The van der Waals surface area contributed by atoms with Crippen molar-refractivity contribution >= 4 is 11.8 Å². The second-order valence-corrected chi connectivity index (χ2v) is 6.12. The second-order valence-electron chi connectivity index (χ2n) is 6.12. The Bertz CT molecular complexity index is 587. The SMILES string of the molecule is NC(=O)[C@@H]1C[C@@H](F)CN1C(=O)c1ccc(OC2CCCC2)nc1. The number of likely N-dealkylation sites (tertiary alicyclic amines) is 1. The number of nitrogens with two attached hydrogens (primary N) is 1. The molecule has 23 heavy (non-hydrogen) atoms. The van der Waals surface area contributed by atoms with E-state index in [4.69, 9.17) is 10.5 Å². The number of carbonyl (C=O) groups is 2. The molecule has 6 nitrogen and oxygen atoms in total. The predicted molar refractivity (Wildman–Crippen MR) is 80.7 cm³/mol. The zero-order chi connectivity index (χ0) is 16.4. The van der Waals surface area contributed by atoms with E-state index in [1.165, 1.54) is 11.1 Å². The number of carbonyl (C=O) groups excluding carboxylic acids is 2. The zero-order valence-electron chi connectivity index (χ0n) is 12.8. The van der Waals surface area contributed by atoms with Gasteiger partial charge in [-0.1, -0.05) is 0 Å². The third-order valence-corrected chi connectivity index (χ3v) is 4.41. The first kappa shape index (κ1) is 15.7. The topological polar surface area (TPSA) is 85.5 Å². The molecule has 124 valence electrons. The highest BCUT2D eigenvalue weighted by Gasteiger charge is 2.39. The normalized spacial score (nSPS) is 24.8. The minimum Gasteiger partial charge on any atom is -0.474 e. The van der Waals surface area contributed by atoms with Crippen molar-refractivity contribution in [2.45, 2.75) is 50.4 Å². The van der Waals surface area contributed by atoms with E-state index in [1.807, 2.05) is 0 Å². The molecule has 2 aliphatic rings. The number of nitrogens with zero attached hydrogens (tertiary/aromatic N) is 2. The Morgan fingerprint density at radius 1 is 1.30 bits per heavy atom. The fourth-order valence-corrected chi connectivity index (χ4v) is 3.20. The molecule has 7 heteroatoms. The highest BCUT2D eigenvalue weighted by molar-refractivity contribution is 5.97. The van der Waals surface area contributed by atoms with Crippen molar-refractivity contribution in [1.29, 1.82) is 0 Å². The average Bonchev–Trinajstić information content (AvgIpc) is 3.17. The van der Waals surface area contributed by atoms with Crippen LogP contribution in [-0.4, -0.2) is 46.6 Å². The Morgan fingerprint density at radius 3 is 2.65 bits per heavy atom. The van der Waals surface area contributed by atoms with E-state index in [0.29, 0.717) is 11.4 Å². The van der Waals surface area contributed by atoms with E-state index in [-0.39, 0.29) is 19.1 Å². The lowest BCUT2D eigenvalue weighted by Crippen LogP contribution is -2.43. The fraction of sp³-hybridized carbons (Fsp3) is 0.562. The lowest BCUT2D eigenvalue weighted by Gasteiger charge is -2.21. The number of rotatable bonds is 4. The molecule has 1 aromatic heterocycles. The van der Waals surface area contributed by atoms with Gasteiger partial charge < -0.3 is 15.4 Å². The highest BCUT2D eigenvalue weighted by Crippen LogP contribution is 2.25. The van der Waals surface area contributed by atoms with Gasteiger partial charge in [-0.05, 0) is 31.7 Å². The first-order chi connectivity index (χ1) is 11.0. The molecule has 0 unspecified atom stereocenters. The van der Waals surface area contributed by atoms with E-state index in [1.54, 1.807) is 12.1 Å². The number of alkyl halides is 1. The molecular formula is C16H20FN3O3. The Hall–Kier alpha value is -2.18. The van der Waals surface area contributed by atoms with Gasteiger partial charge in [-0.2, -0.15) is 0 Å². The Kier molecular flexibility index (Phi) is 4.45. The standard InChI is InChI=1S/C16H20FN3O3/c17-11-7-13(15(18)21)20(9-11)16(22)10-5-6-14(19-8-10)23-12-3-1-2-4-12/h5-6,8,11-13H,1-4,7,9H2,(H2,18,21)/t11-,13+/m1/s1. The minimum absolute atomic E-state index is 0.0443. The number of primary amides is 1. The van der Waals surface area contributed by atoms with Gasteiger partial charge in [-0.3, -0.25) is 9.59 Å². The molecule has 0 spiro atoms. The first-order valence-corrected chi connectivity index (χ1v) is 7.91. The number of halogens is 1.